The molecule has 2 aliphatic heterocycles. The zero-order valence-corrected chi connectivity index (χ0v) is 22.0. The number of pyridine rings is 1. The van der Waals surface area contributed by atoms with Crippen molar-refractivity contribution in [3.63, 3.8) is 0 Å². The van der Waals surface area contributed by atoms with Crippen LogP contribution >= 0.6 is 0 Å². The molecule has 0 saturated carbocycles. The lowest BCUT2D eigenvalue weighted by molar-refractivity contribution is 0.0949. The van der Waals surface area contributed by atoms with Crippen LogP contribution in [0.4, 0.5) is 4.39 Å². The maximum atomic E-state index is 15.5. The quantitative estimate of drug-likeness (QED) is 0.326. The minimum Gasteiger partial charge on any atom is -0.452 e. The lowest BCUT2D eigenvalue weighted by Crippen LogP contribution is -2.34. The number of ether oxygens (including phenoxy) is 1. The van der Waals surface area contributed by atoms with E-state index in [2.05, 4.69) is 17.3 Å². The Balaban J connectivity index is 1.53. The summed E-state index contributed by atoms with van der Waals surface area (Å²) in [7, 11) is 2.09. The summed E-state index contributed by atoms with van der Waals surface area (Å²) in [6.45, 7) is 3.57. The van der Waals surface area contributed by atoms with Gasteiger partial charge in [-0.2, -0.15) is 0 Å². The van der Waals surface area contributed by atoms with E-state index in [-0.39, 0.29) is 28.3 Å². The SMILES string of the molecule is CCC(N)CC/C=C/c1c(F)cc2c(=O)c(C(=O)NCCC3CCCN3C)cn3c2c1Oc1ccccc1-3. The Morgan fingerprint density at radius 3 is 2.92 bits per heavy atom. The number of halogens is 1. The Labute approximate surface area is 222 Å². The first-order valence-corrected chi connectivity index (χ1v) is 13.5. The Morgan fingerprint density at radius 2 is 2.16 bits per heavy atom. The summed E-state index contributed by atoms with van der Waals surface area (Å²) in [4.78, 5) is 29.0. The predicted molar refractivity (Wildman–Crippen MR) is 149 cm³/mol. The van der Waals surface area contributed by atoms with Crippen LogP contribution in [-0.2, 0) is 0 Å². The van der Waals surface area contributed by atoms with Gasteiger partial charge < -0.3 is 25.3 Å². The zero-order valence-electron chi connectivity index (χ0n) is 22.0. The number of nitrogens with two attached hydrogens (primary N) is 1. The van der Waals surface area contributed by atoms with Gasteiger partial charge in [-0.15, -0.1) is 0 Å². The van der Waals surface area contributed by atoms with Crippen LogP contribution in [0.2, 0.25) is 0 Å². The van der Waals surface area contributed by atoms with E-state index in [4.69, 9.17) is 10.5 Å². The third kappa shape index (κ3) is 4.98. The van der Waals surface area contributed by atoms with Gasteiger partial charge in [-0.25, -0.2) is 4.39 Å². The minimum atomic E-state index is -0.576. The number of nitrogens with zero attached hydrogens (tertiary/aromatic N) is 2. The van der Waals surface area contributed by atoms with Crippen LogP contribution in [0.1, 0.15) is 61.4 Å². The number of hydrogen-bond acceptors (Lipinski definition) is 5. The molecule has 0 bridgehead atoms. The number of para-hydroxylation sites is 2. The molecule has 3 heterocycles. The number of amides is 1. The van der Waals surface area contributed by atoms with Crippen LogP contribution in [0.5, 0.6) is 11.5 Å². The lowest BCUT2D eigenvalue weighted by Gasteiger charge is -2.25. The first-order chi connectivity index (χ1) is 18.4. The number of nitrogens with one attached hydrogen (secondary N) is 1. The molecule has 1 saturated heterocycles. The van der Waals surface area contributed by atoms with E-state index in [9.17, 15) is 9.59 Å². The molecule has 38 heavy (non-hydrogen) atoms. The van der Waals surface area contributed by atoms with E-state index < -0.39 is 17.2 Å². The summed E-state index contributed by atoms with van der Waals surface area (Å²) in [6, 6.07) is 9.07. The molecule has 0 spiro atoms. The first-order valence-electron chi connectivity index (χ1n) is 13.5. The van der Waals surface area contributed by atoms with E-state index in [1.807, 2.05) is 31.2 Å². The molecule has 0 aliphatic carbocycles. The van der Waals surface area contributed by atoms with Gasteiger partial charge in [0, 0.05) is 24.8 Å². The third-order valence-electron chi connectivity index (χ3n) is 7.76. The highest BCUT2D eigenvalue weighted by molar-refractivity contribution is 6.00. The van der Waals surface area contributed by atoms with E-state index in [1.54, 1.807) is 22.9 Å². The monoisotopic (exact) mass is 518 g/mol. The molecule has 2 aliphatic rings. The number of likely N-dealkylation sites (tertiary alicyclic amines) is 1. The van der Waals surface area contributed by atoms with Crippen molar-refractivity contribution in [2.24, 2.45) is 5.73 Å². The first kappa shape index (κ1) is 26.1. The van der Waals surface area contributed by atoms with Crippen molar-refractivity contribution in [1.29, 1.82) is 0 Å². The standard InChI is InChI=1S/C30H35FN4O3/c1-3-19(32)9-4-5-11-21-24(31)17-22-27-29(21)38-26-13-7-6-12-25(26)35(27)18-23(28(22)36)30(37)33-15-14-20-10-8-16-34(20)2/h5-7,11-13,17-20H,3-4,8-10,14-16,32H2,1-2H3,(H,33,37)/b11-5+. The molecule has 1 fully saturated rings. The van der Waals surface area contributed by atoms with E-state index >= 15 is 4.39 Å². The highest BCUT2D eigenvalue weighted by Gasteiger charge is 2.28. The predicted octanol–water partition coefficient (Wildman–Crippen LogP) is 4.98. The van der Waals surface area contributed by atoms with Gasteiger partial charge in [-0.05, 0) is 70.3 Å². The van der Waals surface area contributed by atoms with Crippen molar-refractivity contribution in [2.45, 2.75) is 57.5 Å². The average Bonchev–Trinajstić information content (AvgIpc) is 3.33. The maximum absolute atomic E-state index is 15.5. The Morgan fingerprint density at radius 1 is 1.34 bits per heavy atom. The fourth-order valence-corrected chi connectivity index (χ4v) is 5.41. The molecule has 3 N–H and O–H groups in total. The Hall–Kier alpha value is -3.49. The second-order valence-corrected chi connectivity index (χ2v) is 10.3. The van der Waals surface area contributed by atoms with Crippen LogP contribution < -0.4 is 21.2 Å². The number of aromatic nitrogens is 1. The van der Waals surface area contributed by atoms with Crippen molar-refractivity contribution in [1.82, 2.24) is 14.8 Å². The topological polar surface area (TPSA) is 89.6 Å². The fourth-order valence-electron chi connectivity index (χ4n) is 5.41. The number of carbonyl (C=O) groups is 1. The number of hydrogen-bond donors (Lipinski definition) is 2. The molecule has 1 amide bonds. The van der Waals surface area contributed by atoms with Crippen LogP contribution in [0.3, 0.4) is 0 Å². The van der Waals surface area contributed by atoms with Crippen LogP contribution in [-0.4, -0.2) is 47.6 Å². The summed E-state index contributed by atoms with van der Waals surface area (Å²) in [5.74, 6) is -0.242. The van der Waals surface area contributed by atoms with Crippen molar-refractivity contribution < 1.29 is 13.9 Å². The number of rotatable bonds is 9. The second kappa shape index (κ2) is 11.1. The molecule has 2 aromatic carbocycles. The summed E-state index contributed by atoms with van der Waals surface area (Å²) >= 11 is 0. The largest absolute Gasteiger partial charge is 0.452 e. The average molecular weight is 519 g/mol. The molecule has 7 nitrogen and oxygen atoms in total. The zero-order chi connectivity index (χ0) is 26.8. The van der Waals surface area contributed by atoms with Gasteiger partial charge in [-0.1, -0.05) is 31.2 Å². The number of carbonyl (C=O) groups excluding carboxylic acids is 1. The Kier molecular flexibility index (Phi) is 7.63. The highest BCUT2D eigenvalue weighted by atomic mass is 19.1. The second-order valence-electron chi connectivity index (χ2n) is 10.3. The third-order valence-corrected chi connectivity index (χ3v) is 7.76. The van der Waals surface area contributed by atoms with Crippen LogP contribution in [0.15, 0.2) is 47.4 Å². The summed E-state index contributed by atoms with van der Waals surface area (Å²) in [5.41, 5.74) is 6.88. The molecule has 2 unspecified atom stereocenters. The van der Waals surface area contributed by atoms with Gasteiger partial charge in [0.1, 0.15) is 16.9 Å². The van der Waals surface area contributed by atoms with Gasteiger partial charge in [0.2, 0.25) is 5.43 Å². The van der Waals surface area contributed by atoms with Gasteiger partial charge in [0.05, 0.1) is 16.6 Å². The molecule has 2 atom stereocenters. The number of allylic oxidation sites excluding steroid dienone is 1. The van der Waals surface area contributed by atoms with Gasteiger partial charge in [0.15, 0.2) is 11.5 Å². The van der Waals surface area contributed by atoms with Crippen LogP contribution in [0, 0.1) is 5.82 Å². The molecule has 0 radical (unpaired) electrons. The minimum absolute atomic E-state index is 0.0174. The summed E-state index contributed by atoms with van der Waals surface area (Å²) < 4.78 is 23.4. The van der Waals surface area contributed by atoms with Crippen molar-refractivity contribution in [3.05, 3.63) is 69.8 Å². The smallest absolute Gasteiger partial charge is 0.256 e. The van der Waals surface area contributed by atoms with E-state index in [1.165, 1.54) is 6.07 Å². The van der Waals surface area contributed by atoms with Gasteiger partial charge in [-0.3, -0.25) is 9.59 Å². The van der Waals surface area contributed by atoms with Crippen LogP contribution in [0.25, 0.3) is 22.7 Å². The molecular formula is C30H35FN4O3. The van der Waals surface area contributed by atoms with Crippen molar-refractivity contribution in [3.8, 4) is 17.2 Å². The maximum Gasteiger partial charge on any atom is 0.256 e. The van der Waals surface area contributed by atoms with Crippen molar-refractivity contribution in [2.75, 3.05) is 20.1 Å². The molecule has 1 aromatic heterocycles. The molecular weight excluding hydrogens is 483 g/mol. The molecule has 8 heteroatoms. The van der Waals surface area contributed by atoms with Gasteiger partial charge in [0.25, 0.3) is 5.91 Å². The Bertz CT molecular complexity index is 1450. The van der Waals surface area contributed by atoms with E-state index in [0.717, 1.165) is 38.6 Å². The summed E-state index contributed by atoms with van der Waals surface area (Å²) in [5, 5.41) is 3.02. The fraction of sp³-hybridized carbons (Fsp3) is 0.400. The normalized spacial score (nSPS) is 17.5. The number of fused-ring (bicyclic) bond motifs is 2. The van der Waals surface area contributed by atoms with Gasteiger partial charge >= 0.3 is 0 Å². The molecule has 200 valence electrons. The van der Waals surface area contributed by atoms with E-state index in [0.29, 0.717) is 36.0 Å². The molecule has 5 rings (SSSR count). The van der Waals surface area contributed by atoms with Crippen molar-refractivity contribution >= 4 is 22.9 Å². The highest BCUT2D eigenvalue weighted by Crippen LogP contribution is 2.43. The molecule has 3 aromatic rings. The lowest BCUT2D eigenvalue weighted by atomic mass is 10.0. The number of benzene rings is 2. The summed E-state index contributed by atoms with van der Waals surface area (Å²) in [6.07, 6.45) is 10.6.